The van der Waals surface area contributed by atoms with E-state index < -0.39 is 0 Å². The molecule has 0 saturated carbocycles. The van der Waals surface area contributed by atoms with Crippen molar-refractivity contribution in [1.82, 2.24) is 14.8 Å². The van der Waals surface area contributed by atoms with Crippen molar-refractivity contribution in [2.75, 3.05) is 0 Å². The smallest absolute Gasteiger partial charge is 0.133 e. The highest BCUT2D eigenvalue weighted by Crippen LogP contribution is 2.25. The van der Waals surface area contributed by atoms with Gasteiger partial charge in [0.1, 0.15) is 5.82 Å². The van der Waals surface area contributed by atoms with Crippen LogP contribution in [0, 0.1) is 5.82 Å². The van der Waals surface area contributed by atoms with Crippen molar-refractivity contribution in [2.45, 2.75) is 0 Å². The molecule has 2 heterocycles. The number of halogens is 1. The SMILES string of the molecule is Cn1cc(-c2cc(F)c3cc[nH]c3c2)cn1. The topological polar surface area (TPSA) is 33.6 Å². The molecule has 0 aliphatic heterocycles. The predicted molar refractivity (Wildman–Crippen MR) is 60.5 cm³/mol. The number of fused-ring (bicyclic) bond motifs is 1. The first-order valence-electron chi connectivity index (χ1n) is 5.00. The molecule has 16 heavy (non-hydrogen) atoms. The van der Waals surface area contributed by atoms with E-state index in [1.807, 2.05) is 19.3 Å². The third-order valence-electron chi connectivity index (χ3n) is 2.66. The number of nitrogens with one attached hydrogen (secondary N) is 1. The molecular formula is C12H10FN3. The first-order valence-corrected chi connectivity index (χ1v) is 5.00. The second kappa shape index (κ2) is 3.20. The van der Waals surface area contributed by atoms with Crippen LogP contribution in [0.15, 0.2) is 36.8 Å². The Morgan fingerprint density at radius 1 is 1.31 bits per heavy atom. The standard InChI is InChI=1S/C12H10FN3/c1-16-7-9(6-15-16)8-4-11(13)10-2-3-14-12(10)5-8/h2-7,14H,1H3. The van der Waals surface area contributed by atoms with E-state index in [4.69, 9.17) is 0 Å². The van der Waals surface area contributed by atoms with Gasteiger partial charge >= 0.3 is 0 Å². The molecule has 1 aromatic carbocycles. The second-order valence-electron chi connectivity index (χ2n) is 3.80. The average Bonchev–Trinajstić information content (AvgIpc) is 2.85. The average molecular weight is 215 g/mol. The fourth-order valence-electron chi connectivity index (χ4n) is 1.86. The Bertz CT molecular complexity index is 651. The quantitative estimate of drug-likeness (QED) is 0.665. The van der Waals surface area contributed by atoms with Gasteiger partial charge in [-0.2, -0.15) is 5.10 Å². The number of nitrogens with zero attached hydrogens (tertiary/aromatic N) is 2. The summed E-state index contributed by atoms with van der Waals surface area (Å²) >= 11 is 0. The van der Waals surface area contributed by atoms with E-state index in [1.165, 1.54) is 6.07 Å². The van der Waals surface area contributed by atoms with Crippen LogP contribution in [0.1, 0.15) is 0 Å². The van der Waals surface area contributed by atoms with Crippen LogP contribution in [-0.2, 0) is 7.05 Å². The molecule has 0 unspecified atom stereocenters. The lowest BCUT2D eigenvalue weighted by molar-refractivity contribution is 0.640. The molecule has 1 N–H and O–H groups in total. The molecule has 0 aliphatic carbocycles. The Morgan fingerprint density at radius 3 is 2.94 bits per heavy atom. The normalized spacial score (nSPS) is 11.1. The Labute approximate surface area is 91.5 Å². The molecule has 80 valence electrons. The van der Waals surface area contributed by atoms with Crippen molar-refractivity contribution in [3.8, 4) is 11.1 Å². The lowest BCUT2D eigenvalue weighted by Gasteiger charge is -1.99. The number of aromatic amines is 1. The summed E-state index contributed by atoms with van der Waals surface area (Å²) in [6.45, 7) is 0. The van der Waals surface area contributed by atoms with Crippen LogP contribution in [0.4, 0.5) is 4.39 Å². The summed E-state index contributed by atoms with van der Waals surface area (Å²) < 4.78 is 15.4. The zero-order valence-electron chi connectivity index (χ0n) is 8.74. The van der Waals surface area contributed by atoms with Crippen LogP contribution in [0.5, 0.6) is 0 Å². The van der Waals surface area contributed by atoms with Crippen molar-refractivity contribution in [1.29, 1.82) is 0 Å². The molecule has 0 spiro atoms. The van der Waals surface area contributed by atoms with Crippen molar-refractivity contribution in [2.24, 2.45) is 7.05 Å². The maximum Gasteiger partial charge on any atom is 0.133 e. The molecule has 0 aliphatic rings. The van der Waals surface area contributed by atoms with Gasteiger partial charge in [0.15, 0.2) is 0 Å². The van der Waals surface area contributed by atoms with Crippen molar-refractivity contribution in [3.05, 3.63) is 42.6 Å². The largest absolute Gasteiger partial charge is 0.361 e. The fraction of sp³-hybridized carbons (Fsp3) is 0.0833. The van der Waals surface area contributed by atoms with Gasteiger partial charge in [0, 0.05) is 35.9 Å². The van der Waals surface area contributed by atoms with Crippen LogP contribution in [0.25, 0.3) is 22.0 Å². The van der Waals surface area contributed by atoms with E-state index in [0.29, 0.717) is 5.39 Å². The summed E-state index contributed by atoms with van der Waals surface area (Å²) in [6.07, 6.45) is 5.33. The minimum atomic E-state index is -0.211. The van der Waals surface area contributed by atoms with E-state index in [1.54, 1.807) is 23.1 Å². The molecule has 0 atom stereocenters. The molecule has 3 nitrogen and oxygen atoms in total. The Balaban J connectivity index is 2.24. The summed E-state index contributed by atoms with van der Waals surface area (Å²) in [5.41, 5.74) is 2.55. The lowest BCUT2D eigenvalue weighted by atomic mass is 10.1. The number of H-pyrrole nitrogens is 1. The number of benzene rings is 1. The molecule has 3 aromatic rings. The van der Waals surface area contributed by atoms with Crippen LogP contribution in [-0.4, -0.2) is 14.8 Å². The zero-order valence-corrected chi connectivity index (χ0v) is 8.74. The number of rotatable bonds is 1. The highest BCUT2D eigenvalue weighted by atomic mass is 19.1. The molecule has 0 fully saturated rings. The zero-order chi connectivity index (χ0) is 11.1. The molecule has 4 heteroatoms. The van der Waals surface area contributed by atoms with E-state index in [-0.39, 0.29) is 5.82 Å². The summed E-state index contributed by atoms with van der Waals surface area (Å²) in [4.78, 5) is 3.01. The predicted octanol–water partition coefficient (Wildman–Crippen LogP) is 2.71. The van der Waals surface area contributed by atoms with Gasteiger partial charge in [0.05, 0.1) is 6.20 Å². The molecule has 2 aromatic heterocycles. The molecular weight excluding hydrogens is 205 g/mol. The van der Waals surface area contributed by atoms with E-state index in [2.05, 4.69) is 10.1 Å². The molecule has 0 bridgehead atoms. The molecule has 0 saturated heterocycles. The van der Waals surface area contributed by atoms with Gasteiger partial charge < -0.3 is 4.98 Å². The van der Waals surface area contributed by atoms with Crippen molar-refractivity contribution >= 4 is 10.9 Å². The van der Waals surface area contributed by atoms with Gasteiger partial charge in [-0.1, -0.05) is 0 Å². The third kappa shape index (κ3) is 1.31. The monoisotopic (exact) mass is 215 g/mol. The highest BCUT2D eigenvalue weighted by molar-refractivity contribution is 5.85. The Morgan fingerprint density at radius 2 is 2.19 bits per heavy atom. The van der Waals surface area contributed by atoms with Gasteiger partial charge in [-0.05, 0) is 23.8 Å². The first kappa shape index (κ1) is 9.15. The number of hydrogen-bond donors (Lipinski definition) is 1. The van der Waals surface area contributed by atoms with Crippen LogP contribution >= 0.6 is 0 Å². The molecule has 0 radical (unpaired) electrons. The number of aromatic nitrogens is 3. The number of aryl methyl sites for hydroxylation is 1. The maximum absolute atomic E-state index is 13.7. The van der Waals surface area contributed by atoms with Crippen LogP contribution in [0.2, 0.25) is 0 Å². The van der Waals surface area contributed by atoms with Gasteiger partial charge in [0.25, 0.3) is 0 Å². The van der Waals surface area contributed by atoms with E-state index >= 15 is 0 Å². The summed E-state index contributed by atoms with van der Waals surface area (Å²) in [6, 6.07) is 5.19. The first-order chi connectivity index (χ1) is 7.74. The minimum Gasteiger partial charge on any atom is -0.361 e. The Hall–Kier alpha value is -2.10. The maximum atomic E-state index is 13.7. The van der Waals surface area contributed by atoms with Crippen molar-refractivity contribution in [3.63, 3.8) is 0 Å². The van der Waals surface area contributed by atoms with Crippen LogP contribution < -0.4 is 0 Å². The van der Waals surface area contributed by atoms with Crippen LogP contribution in [0.3, 0.4) is 0 Å². The molecule has 0 amide bonds. The van der Waals surface area contributed by atoms with Gasteiger partial charge in [-0.3, -0.25) is 4.68 Å². The van der Waals surface area contributed by atoms with Gasteiger partial charge in [-0.15, -0.1) is 0 Å². The lowest BCUT2D eigenvalue weighted by Crippen LogP contribution is -1.84. The Kier molecular flexibility index (Phi) is 1.83. The van der Waals surface area contributed by atoms with E-state index in [0.717, 1.165) is 16.6 Å². The van der Waals surface area contributed by atoms with Gasteiger partial charge in [0.2, 0.25) is 0 Å². The number of hydrogen-bond acceptors (Lipinski definition) is 1. The van der Waals surface area contributed by atoms with Crippen molar-refractivity contribution < 1.29 is 4.39 Å². The second-order valence-corrected chi connectivity index (χ2v) is 3.80. The van der Waals surface area contributed by atoms with Gasteiger partial charge in [-0.25, -0.2) is 4.39 Å². The molecule has 3 rings (SSSR count). The van der Waals surface area contributed by atoms with E-state index in [9.17, 15) is 4.39 Å². The third-order valence-corrected chi connectivity index (χ3v) is 2.66. The summed E-state index contributed by atoms with van der Waals surface area (Å²) in [5.74, 6) is -0.211. The minimum absolute atomic E-state index is 0.211. The fourth-order valence-corrected chi connectivity index (χ4v) is 1.86. The summed E-state index contributed by atoms with van der Waals surface area (Å²) in [7, 11) is 1.84. The highest BCUT2D eigenvalue weighted by Gasteiger charge is 2.07. The summed E-state index contributed by atoms with van der Waals surface area (Å²) in [5, 5.41) is 4.69.